The van der Waals surface area contributed by atoms with Gasteiger partial charge in [0.2, 0.25) is 0 Å². The fourth-order valence-electron chi connectivity index (χ4n) is 2.07. The van der Waals surface area contributed by atoms with E-state index in [1.807, 2.05) is 43.3 Å². The van der Waals surface area contributed by atoms with Gasteiger partial charge >= 0.3 is 0 Å². The number of benzene rings is 2. The van der Waals surface area contributed by atoms with E-state index in [4.69, 9.17) is 10.5 Å². The third-order valence-corrected chi connectivity index (χ3v) is 4.22. The lowest BCUT2D eigenvalue weighted by molar-refractivity contribution is 0.487. The van der Waals surface area contributed by atoms with Crippen molar-refractivity contribution in [3.8, 4) is 11.5 Å². The molecule has 3 nitrogen and oxygen atoms in total. The lowest BCUT2D eigenvalue weighted by Crippen LogP contribution is -1.96. The van der Waals surface area contributed by atoms with Crippen LogP contribution in [0.15, 0.2) is 51.5 Å². The number of rotatable bonds is 2. The van der Waals surface area contributed by atoms with Crippen LogP contribution in [0, 0.1) is 6.92 Å². The molecule has 0 saturated carbocycles. The number of fused-ring (bicyclic) bond motifs is 1. The maximum atomic E-state index is 6.05. The molecule has 0 saturated heterocycles. The molecule has 1 heterocycles. The molecule has 0 aliphatic heterocycles. The van der Waals surface area contributed by atoms with Crippen molar-refractivity contribution in [3.05, 3.63) is 57.1 Å². The van der Waals surface area contributed by atoms with E-state index in [1.54, 1.807) is 6.20 Å². The lowest BCUT2D eigenvalue weighted by Gasteiger charge is -2.13. The molecule has 2 aromatic carbocycles. The number of hydrogen-bond acceptors (Lipinski definition) is 3. The molecule has 3 aromatic rings. The minimum Gasteiger partial charge on any atom is -0.453 e. The first-order valence-electron chi connectivity index (χ1n) is 6.32. The molecule has 0 amide bonds. The Bertz CT molecular complexity index is 829. The number of pyridine rings is 1. The predicted octanol–water partition coefficient (Wildman–Crippen LogP) is 5.44. The van der Waals surface area contributed by atoms with Crippen LogP contribution >= 0.6 is 31.9 Å². The van der Waals surface area contributed by atoms with Crippen LogP contribution in [0.25, 0.3) is 10.9 Å². The summed E-state index contributed by atoms with van der Waals surface area (Å²) in [5.41, 5.74) is 8.55. The van der Waals surface area contributed by atoms with E-state index in [1.165, 1.54) is 0 Å². The zero-order valence-electron chi connectivity index (χ0n) is 11.2. The highest BCUT2D eigenvalue weighted by Gasteiger charge is 2.11. The summed E-state index contributed by atoms with van der Waals surface area (Å²) in [6.07, 6.45) is 1.62. The Morgan fingerprint density at radius 2 is 1.90 bits per heavy atom. The minimum atomic E-state index is 0.507. The van der Waals surface area contributed by atoms with E-state index in [0.717, 1.165) is 31.2 Å². The van der Waals surface area contributed by atoms with Crippen LogP contribution in [0.3, 0.4) is 0 Å². The Kier molecular flexibility index (Phi) is 3.87. The van der Waals surface area contributed by atoms with Gasteiger partial charge in [-0.3, -0.25) is 4.98 Å². The number of aromatic nitrogens is 1. The second-order valence-corrected chi connectivity index (χ2v) is 6.51. The Morgan fingerprint density at radius 1 is 1.10 bits per heavy atom. The van der Waals surface area contributed by atoms with Gasteiger partial charge < -0.3 is 10.5 Å². The molecule has 21 heavy (non-hydrogen) atoms. The second-order valence-electron chi connectivity index (χ2n) is 4.74. The minimum absolute atomic E-state index is 0.507. The smallest absolute Gasteiger partial charge is 0.161 e. The van der Waals surface area contributed by atoms with E-state index in [9.17, 15) is 0 Å². The molecule has 0 fully saturated rings. The molecule has 0 unspecified atom stereocenters. The first-order chi connectivity index (χ1) is 10.0. The molecule has 106 valence electrons. The monoisotopic (exact) mass is 406 g/mol. The Balaban J connectivity index is 2.15. The van der Waals surface area contributed by atoms with Crippen LogP contribution in [0.2, 0.25) is 0 Å². The van der Waals surface area contributed by atoms with Crippen LogP contribution < -0.4 is 10.5 Å². The van der Waals surface area contributed by atoms with Crippen molar-refractivity contribution >= 4 is 48.5 Å². The summed E-state index contributed by atoms with van der Waals surface area (Å²) in [6.45, 7) is 2.03. The summed E-state index contributed by atoms with van der Waals surface area (Å²) in [5.74, 6) is 1.34. The average molecular weight is 408 g/mol. The Labute approximate surface area is 139 Å². The third-order valence-electron chi connectivity index (χ3n) is 3.11. The number of nitrogens with two attached hydrogens (primary N) is 1. The fourth-order valence-corrected chi connectivity index (χ4v) is 3.00. The summed E-state index contributed by atoms with van der Waals surface area (Å²) in [7, 11) is 0. The van der Waals surface area contributed by atoms with Crippen molar-refractivity contribution in [3.63, 3.8) is 0 Å². The van der Waals surface area contributed by atoms with Crippen LogP contribution in [-0.2, 0) is 0 Å². The maximum absolute atomic E-state index is 6.05. The van der Waals surface area contributed by atoms with Crippen molar-refractivity contribution in [1.82, 2.24) is 4.98 Å². The summed E-state index contributed by atoms with van der Waals surface area (Å²) in [6, 6.07) is 11.7. The highest BCUT2D eigenvalue weighted by molar-refractivity contribution is 9.10. The second kappa shape index (κ2) is 5.66. The van der Waals surface area contributed by atoms with Gasteiger partial charge in [0.1, 0.15) is 5.75 Å². The largest absolute Gasteiger partial charge is 0.453 e. The van der Waals surface area contributed by atoms with Crippen LogP contribution in [0.4, 0.5) is 5.69 Å². The van der Waals surface area contributed by atoms with Crippen molar-refractivity contribution in [2.24, 2.45) is 0 Å². The number of nitrogens with zero attached hydrogens (tertiary/aromatic N) is 1. The van der Waals surface area contributed by atoms with Crippen LogP contribution in [0.5, 0.6) is 11.5 Å². The molecular formula is C16H12Br2N2O. The molecule has 0 radical (unpaired) electrons. The number of hydrogen-bond donors (Lipinski definition) is 1. The zero-order chi connectivity index (χ0) is 15.0. The molecule has 0 bridgehead atoms. The van der Waals surface area contributed by atoms with Gasteiger partial charge in [-0.05, 0) is 58.7 Å². The van der Waals surface area contributed by atoms with Crippen LogP contribution in [0.1, 0.15) is 5.56 Å². The molecule has 5 heteroatoms. The number of anilines is 1. The van der Waals surface area contributed by atoms with Crippen molar-refractivity contribution in [1.29, 1.82) is 0 Å². The van der Waals surface area contributed by atoms with Gasteiger partial charge in [0.05, 0.1) is 21.9 Å². The van der Waals surface area contributed by atoms with Crippen molar-refractivity contribution < 1.29 is 4.74 Å². The summed E-state index contributed by atoms with van der Waals surface area (Å²) in [5, 5.41) is 0.872. The van der Waals surface area contributed by atoms with Gasteiger partial charge in [0, 0.05) is 9.86 Å². The van der Waals surface area contributed by atoms with Crippen LogP contribution in [-0.4, -0.2) is 4.98 Å². The van der Waals surface area contributed by atoms with E-state index >= 15 is 0 Å². The van der Waals surface area contributed by atoms with Gasteiger partial charge in [-0.2, -0.15) is 0 Å². The van der Waals surface area contributed by atoms with Gasteiger partial charge in [0.25, 0.3) is 0 Å². The quantitative estimate of drug-likeness (QED) is 0.614. The first-order valence-corrected chi connectivity index (χ1v) is 7.91. The van der Waals surface area contributed by atoms with E-state index in [-0.39, 0.29) is 0 Å². The van der Waals surface area contributed by atoms with E-state index in [0.29, 0.717) is 11.4 Å². The van der Waals surface area contributed by atoms with Crippen molar-refractivity contribution in [2.75, 3.05) is 5.73 Å². The lowest BCUT2D eigenvalue weighted by atomic mass is 10.2. The molecule has 1 aromatic heterocycles. The topological polar surface area (TPSA) is 48.1 Å². The van der Waals surface area contributed by atoms with E-state index in [2.05, 4.69) is 36.8 Å². The number of halogens is 2. The summed E-state index contributed by atoms with van der Waals surface area (Å²) in [4.78, 5) is 4.32. The summed E-state index contributed by atoms with van der Waals surface area (Å²) >= 11 is 6.98. The number of ether oxygens (including phenoxy) is 1. The SMILES string of the molecule is Cc1ccc(Oc2c(N)cnc3ccc(Br)cc23)c(Br)c1. The van der Waals surface area contributed by atoms with Gasteiger partial charge in [0.15, 0.2) is 5.75 Å². The molecule has 0 aliphatic rings. The number of nitrogen functional groups attached to an aromatic ring is 1. The average Bonchev–Trinajstić information content (AvgIpc) is 2.44. The predicted molar refractivity (Wildman–Crippen MR) is 92.8 cm³/mol. The third kappa shape index (κ3) is 2.89. The first kappa shape index (κ1) is 14.4. The normalized spacial score (nSPS) is 10.8. The molecular weight excluding hydrogens is 396 g/mol. The van der Waals surface area contributed by atoms with E-state index < -0.39 is 0 Å². The Hall–Kier alpha value is -1.59. The molecule has 2 N–H and O–H groups in total. The standard InChI is InChI=1S/C16H12Br2N2O/c1-9-2-5-15(12(18)6-9)21-16-11-7-10(17)3-4-14(11)20-8-13(16)19/h2-8H,19H2,1H3. The molecule has 0 atom stereocenters. The highest BCUT2D eigenvalue weighted by Crippen LogP contribution is 2.38. The number of aryl methyl sites for hydroxylation is 1. The van der Waals surface area contributed by atoms with Gasteiger partial charge in [-0.25, -0.2) is 0 Å². The van der Waals surface area contributed by atoms with Gasteiger partial charge in [-0.15, -0.1) is 0 Å². The highest BCUT2D eigenvalue weighted by atomic mass is 79.9. The van der Waals surface area contributed by atoms with Crippen molar-refractivity contribution in [2.45, 2.75) is 6.92 Å². The maximum Gasteiger partial charge on any atom is 0.161 e. The summed E-state index contributed by atoms with van der Waals surface area (Å²) < 4.78 is 7.88. The molecule has 3 rings (SSSR count). The zero-order valence-corrected chi connectivity index (χ0v) is 14.4. The Morgan fingerprint density at radius 3 is 2.67 bits per heavy atom. The fraction of sp³-hybridized carbons (Fsp3) is 0.0625. The van der Waals surface area contributed by atoms with Gasteiger partial charge in [-0.1, -0.05) is 22.0 Å². The molecule has 0 spiro atoms. The molecule has 0 aliphatic carbocycles.